The zero-order valence-corrected chi connectivity index (χ0v) is 11.5. The highest BCUT2D eigenvalue weighted by molar-refractivity contribution is 14.1. The Morgan fingerprint density at radius 1 is 1.31 bits per heavy atom. The molecule has 0 saturated carbocycles. The highest BCUT2D eigenvalue weighted by atomic mass is 127. The minimum Gasteiger partial charge on any atom is -0.485 e. The lowest BCUT2D eigenvalue weighted by molar-refractivity contribution is 0.285. The molecule has 1 aromatic heterocycles. The maximum atomic E-state index is 5.84. The van der Waals surface area contributed by atoms with Crippen LogP contribution in [0.1, 0.15) is 5.82 Å². The van der Waals surface area contributed by atoms with Gasteiger partial charge in [0.2, 0.25) is 5.82 Å². The van der Waals surface area contributed by atoms with E-state index in [4.69, 9.17) is 32.5 Å². The van der Waals surface area contributed by atoms with Gasteiger partial charge in [-0.05, 0) is 12.1 Å². The van der Waals surface area contributed by atoms with Gasteiger partial charge in [-0.1, -0.05) is 28.4 Å². The molecular formula is C9H5Cl2IN2O2. The van der Waals surface area contributed by atoms with E-state index in [9.17, 15) is 0 Å². The monoisotopic (exact) mass is 370 g/mol. The van der Waals surface area contributed by atoms with E-state index in [1.54, 1.807) is 18.2 Å². The lowest BCUT2D eigenvalue weighted by atomic mass is 10.3. The minimum atomic E-state index is 0.227. The molecule has 0 fully saturated rings. The van der Waals surface area contributed by atoms with E-state index in [1.165, 1.54) is 0 Å². The van der Waals surface area contributed by atoms with Gasteiger partial charge in [-0.3, -0.25) is 0 Å². The Kier molecular flexibility index (Phi) is 3.88. The van der Waals surface area contributed by atoms with E-state index in [-0.39, 0.29) is 6.61 Å². The molecule has 1 heterocycles. The van der Waals surface area contributed by atoms with E-state index in [1.807, 2.05) is 22.6 Å². The first-order valence-electron chi connectivity index (χ1n) is 4.21. The molecule has 1 aromatic carbocycles. The number of aromatic nitrogens is 2. The first-order chi connectivity index (χ1) is 7.65. The quantitative estimate of drug-likeness (QED) is 0.775. The Morgan fingerprint density at radius 3 is 2.75 bits per heavy atom. The van der Waals surface area contributed by atoms with Gasteiger partial charge in [0.25, 0.3) is 3.90 Å². The minimum absolute atomic E-state index is 0.227. The van der Waals surface area contributed by atoms with Crippen molar-refractivity contribution >= 4 is 45.8 Å². The summed E-state index contributed by atoms with van der Waals surface area (Å²) in [5, 5.41) is 4.63. The number of ether oxygens (including phenoxy) is 1. The largest absolute Gasteiger partial charge is 0.485 e. The van der Waals surface area contributed by atoms with Gasteiger partial charge in [-0.15, -0.1) is 0 Å². The van der Waals surface area contributed by atoms with Crippen LogP contribution in [0.2, 0.25) is 10.0 Å². The summed E-state index contributed by atoms with van der Waals surface area (Å²) in [4.78, 5) is 3.99. The third kappa shape index (κ3) is 2.99. The zero-order chi connectivity index (χ0) is 11.5. The summed E-state index contributed by atoms with van der Waals surface area (Å²) in [6.45, 7) is 0.227. The van der Waals surface area contributed by atoms with Crippen LogP contribution in [0, 0.1) is 3.90 Å². The van der Waals surface area contributed by atoms with E-state index < -0.39 is 0 Å². The van der Waals surface area contributed by atoms with Gasteiger partial charge < -0.3 is 9.26 Å². The summed E-state index contributed by atoms with van der Waals surface area (Å²) >= 11 is 13.5. The number of halogens is 3. The van der Waals surface area contributed by atoms with Crippen LogP contribution in [0.25, 0.3) is 0 Å². The fraction of sp³-hybridized carbons (Fsp3) is 0.111. The van der Waals surface area contributed by atoms with Crippen molar-refractivity contribution in [2.24, 2.45) is 0 Å². The van der Waals surface area contributed by atoms with Crippen LogP contribution in [-0.4, -0.2) is 10.1 Å². The molecule has 16 heavy (non-hydrogen) atoms. The Hall–Kier alpha value is -0.530. The molecule has 0 spiro atoms. The van der Waals surface area contributed by atoms with Crippen molar-refractivity contribution in [3.05, 3.63) is 38.0 Å². The molecule has 0 bridgehead atoms. The first kappa shape index (κ1) is 11.9. The normalized spacial score (nSPS) is 10.4. The first-order valence-corrected chi connectivity index (χ1v) is 6.04. The van der Waals surface area contributed by atoms with E-state index >= 15 is 0 Å². The summed E-state index contributed by atoms with van der Waals surface area (Å²) in [5.74, 6) is 1.09. The van der Waals surface area contributed by atoms with Gasteiger partial charge in [0.05, 0.1) is 10.0 Å². The molecule has 4 nitrogen and oxygen atoms in total. The van der Waals surface area contributed by atoms with Crippen LogP contribution < -0.4 is 4.74 Å². The third-order valence-electron chi connectivity index (χ3n) is 1.70. The van der Waals surface area contributed by atoms with Gasteiger partial charge in [0.1, 0.15) is 5.75 Å². The molecule has 0 aliphatic carbocycles. The third-order valence-corrected chi connectivity index (χ3v) is 2.88. The molecule has 0 saturated heterocycles. The van der Waals surface area contributed by atoms with Crippen molar-refractivity contribution in [3.63, 3.8) is 0 Å². The zero-order valence-electron chi connectivity index (χ0n) is 7.78. The van der Waals surface area contributed by atoms with Crippen LogP contribution in [0.3, 0.4) is 0 Å². The Balaban J connectivity index is 2.02. The summed E-state index contributed by atoms with van der Waals surface area (Å²) in [5.41, 5.74) is 0. The molecule has 0 unspecified atom stereocenters. The molecule has 2 rings (SSSR count). The number of hydrogen-bond donors (Lipinski definition) is 0. The fourth-order valence-electron chi connectivity index (χ4n) is 1.01. The number of nitrogens with zero attached hydrogens (tertiary/aromatic N) is 2. The molecule has 0 radical (unpaired) electrons. The van der Waals surface area contributed by atoms with Crippen molar-refractivity contribution in [3.8, 4) is 5.75 Å². The second-order valence-electron chi connectivity index (χ2n) is 2.83. The molecule has 0 N–H and O–H groups in total. The Morgan fingerprint density at radius 2 is 2.12 bits per heavy atom. The van der Waals surface area contributed by atoms with E-state index in [0.717, 1.165) is 0 Å². The lowest BCUT2D eigenvalue weighted by Gasteiger charge is -2.03. The molecule has 0 atom stereocenters. The molecule has 84 valence electrons. The summed E-state index contributed by atoms with van der Waals surface area (Å²) in [7, 11) is 0. The summed E-state index contributed by atoms with van der Waals surface area (Å²) in [6.07, 6.45) is 0. The van der Waals surface area contributed by atoms with Crippen LogP contribution in [0.5, 0.6) is 5.75 Å². The lowest BCUT2D eigenvalue weighted by Crippen LogP contribution is -1.97. The van der Waals surface area contributed by atoms with Crippen molar-refractivity contribution in [1.29, 1.82) is 0 Å². The van der Waals surface area contributed by atoms with Gasteiger partial charge in [0, 0.05) is 28.7 Å². The van der Waals surface area contributed by atoms with Gasteiger partial charge in [-0.25, -0.2) is 0 Å². The topological polar surface area (TPSA) is 48.2 Å². The Bertz CT molecular complexity index is 504. The smallest absolute Gasteiger partial charge is 0.287 e. The summed E-state index contributed by atoms with van der Waals surface area (Å²) in [6, 6.07) is 5.02. The molecule has 0 aliphatic heterocycles. The average Bonchev–Trinajstić information content (AvgIpc) is 2.66. The predicted octanol–water partition coefficient (Wildman–Crippen LogP) is 3.56. The number of hydrogen-bond acceptors (Lipinski definition) is 4. The van der Waals surface area contributed by atoms with Crippen LogP contribution in [-0.2, 0) is 6.61 Å². The standard InChI is InChI=1S/C9H5Cl2IN2O2/c10-6-2-1-5(3-7(6)11)15-4-8-13-9(12)16-14-8/h1-3H,4H2. The molecule has 7 heteroatoms. The van der Waals surface area contributed by atoms with Gasteiger partial charge in [0.15, 0.2) is 6.61 Å². The van der Waals surface area contributed by atoms with Crippen molar-refractivity contribution in [2.45, 2.75) is 6.61 Å². The van der Waals surface area contributed by atoms with Gasteiger partial charge >= 0.3 is 0 Å². The highest BCUT2D eigenvalue weighted by Crippen LogP contribution is 2.26. The highest BCUT2D eigenvalue weighted by Gasteiger charge is 2.05. The maximum Gasteiger partial charge on any atom is 0.287 e. The molecule has 0 aliphatic rings. The van der Waals surface area contributed by atoms with Crippen LogP contribution in [0.4, 0.5) is 0 Å². The maximum absolute atomic E-state index is 5.84. The predicted molar refractivity (Wildman–Crippen MR) is 67.8 cm³/mol. The van der Waals surface area contributed by atoms with Crippen molar-refractivity contribution in [2.75, 3.05) is 0 Å². The molecule has 0 amide bonds. The Labute approximate surface area is 115 Å². The summed E-state index contributed by atoms with van der Waals surface area (Å²) < 4.78 is 10.7. The number of rotatable bonds is 3. The SMILES string of the molecule is Clc1ccc(OCc2noc(I)n2)cc1Cl. The second kappa shape index (κ2) is 5.20. The van der Waals surface area contributed by atoms with Gasteiger partial charge in [-0.2, -0.15) is 4.98 Å². The van der Waals surface area contributed by atoms with Crippen LogP contribution >= 0.6 is 45.8 Å². The fourth-order valence-corrected chi connectivity index (χ4v) is 1.67. The average molecular weight is 371 g/mol. The van der Waals surface area contributed by atoms with Crippen molar-refractivity contribution < 1.29 is 9.26 Å². The molecular weight excluding hydrogens is 366 g/mol. The number of benzene rings is 1. The second-order valence-corrected chi connectivity index (χ2v) is 4.57. The van der Waals surface area contributed by atoms with Crippen LogP contribution in [0.15, 0.2) is 22.7 Å². The van der Waals surface area contributed by atoms with E-state index in [0.29, 0.717) is 25.5 Å². The van der Waals surface area contributed by atoms with Crippen molar-refractivity contribution in [1.82, 2.24) is 10.1 Å². The van der Waals surface area contributed by atoms with E-state index in [2.05, 4.69) is 10.1 Å². The molecule has 2 aromatic rings.